The standard InChI is InChI=1S/C7H13NO4.C7H8.C2H2/c1-7(2,3)12-6(11)8-4-5(9)10;1-7-5-3-2-4-6-7;1-2/h4H2,1-3H3,(H,8,11)(H,9,10);2-6H,1H3;1-2H. The highest BCUT2D eigenvalue weighted by molar-refractivity contribution is 5.76. The van der Waals surface area contributed by atoms with Gasteiger partial charge >= 0.3 is 12.1 Å². The van der Waals surface area contributed by atoms with E-state index in [1.165, 1.54) is 5.56 Å². The molecule has 21 heavy (non-hydrogen) atoms. The molecule has 116 valence electrons. The van der Waals surface area contributed by atoms with Crippen LogP contribution in [-0.4, -0.2) is 29.3 Å². The van der Waals surface area contributed by atoms with E-state index in [0.29, 0.717) is 0 Å². The molecule has 0 saturated heterocycles. The summed E-state index contributed by atoms with van der Waals surface area (Å²) in [5.74, 6) is -1.10. The van der Waals surface area contributed by atoms with Crippen LogP contribution in [0.1, 0.15) is 26.3 Å². The van der Waals surface area contributed by atoms with Gasteiger partial charge in [0.05, 0.1) is 0 Å². The Labute approximate surface area is 126 Å². The summed E-state index contributed by atoms with van der Waals surface area (Å²) in [6.07, 6.45) is 7.28. The zero-order chi connectivity index (χ0) is 16.9. The molecule has 0 aliphatic carbocycles. The van der Waals surface area contributed by atoms with Gasteiger partial charge in [-0.25, -0.2) is 4.79 Å². The first-order chi connectivity index (χ1) is 9.70. The summed E-state index contributed by atoms with van der Waals surface area (Å²) in [6, 6.07) is 10.3. The van der Waals surface area contributed by atoms with E-state index in [0.717, 1.165) is 0 Å². The van der Waals surface area contributed by atoms with Crippen LogP contribution in [0.4, 0.5) is 4.79 Å². The molecule has 1 aromatic rings. The smallest absolute Gasteiger partial charge is 0.408 e. The average molecular weight is 293 g/mol. The molecule has 5 heteroatoms. The monoisotopic (exact) mass is 293 g/mol. The molecule has 0 aromatic heterocycles. The molecule has 0 fully saturated rings. The van der Waals surface area contributed by atoms with Crippen LogP contribution >= 0.6 is 0 Å². The molecule has 0 radical (unpaired) electrons. The fourth-order valence-electron chi connectivity index (χ4n) is 0.996. The minimum absolute atomic E-state index is 0.422. The van der Waals surface area contributed by atoms with Crippen molar-refractivity contribution < 1.29 is 19.4 Å². The van der Waals surface area contributed by atoms with E-state index in [2.05, 4.69) is 37.2 Å². The molecular formula is C16H23NO4. The molecule has 0 unspecified atom stereocenters. The molecule has 1 amide bonds. The van der Waals surface area contributed by atoms with E-state index in [9.17, 15) is 9.59 Å². The number of carbonyl (C=O) groups excluding carboxylic acids is 1. The summed E-state index contributed by atoms with van der Waals surface area (Å²) in [5, 5.41) is 10.3. The molecule has 0 atom stereocenters. The summed E-state index contributed by atoms with van der Waals surface area (Å²) < 4.78 is 4.77. The van der Waals surface area contributed by atoms with Gasteiger partial charge in [0.25, 0.3) is 0 Å². The lowest BCUT2D eigenvalue weighted by Crippen LogP contribution is -2.35. The van der Waals surface area contributed by atoms with Crippen molar-refractivity contribution >= 4 is 12.1 Å². The Kier molecular flexibility index (Phi) is 11.3. The number of aryl methyl sites for hydroxylation is 1. The van der Waals surface area contributed by atoms with Crippen LogP contribution in [0.25, 0.3) is 0 Å². The minimum Gasteiger partial charge on any atom is -0.480 e. The molecule has 2 N–H and O–H groups in total. The van der Waals surface area contributed by atoms with Crippen LogP contribution < -0.4 is 5.32 Å². The first kappa shape index (κ1) is 20.8. The quantitative estimate of drug-likeness (QED) is 0.822. The van der Waals surface area contributed by atoms with Crippen molar-refractivity contribution in [2.45, 2.75) is 33.3 Å². The predicted molar refractivity (Wildman–Crippen MR) is 82.9 cm³/mol. The number of terminal acetylenes is 1. The molecular weight excluding hydrogens is 270 g/mol. The lowest BCUT2D eigenvalue weighted by Gasteiger charge is -2.19. The zero-order valence-electron chi connectivity index (χ0n) is 12.9. The second-order valence-corrected chi connectivity index (χ2v) is 4.90. The van der Waals surface area contributed by atoms with Gasteiger partial charge in [-0.2, -0.15) is 0 Å². The third-order valence-corrected chi connectivity index (χ3v) is 1.72. The third-order valence-electron chi connectivity index (χ3n) is 1.72. The SMILES string of the molecule is C#C.CC(C)(C)OC(=O)NCC(=O)O.Cc1ccccc1. The van der Waals surface area contributed by atoms with E-state index in [-0.39, 0.29) is 0 Å². The number of ether oxygens (including phenoxy) is 1. The largest absolute Gasteiger partial charge is 0.480 e. The van der Waals surface area contributed by atoms with Crippen LogP contribution in [-0.2, 0) is 9.53 Å². The van der Waals surface area contributed by atoms with Crippen LogP contribution in [0.15, 0.2) is 30.3 Å². The fraction of sp³-hybridized carbons (Fsp3) is 0.375. The van der Waals surface area contributed by atoms with Gasteiger partial charge in [0.15, 0.2) is 0 Å². The van der Waals surface area contributed by atoms with Crippen molar-refractivity contribution in [3.8, 4) is 12.8 Å². The highest BCUT2D eigenvalue weighted by atomic mass is 16.6. The van der Waals surface area contributed by atoms with Gasteiger partial charge in [0.1, 0.15) is 12.1 Å². The second kappa shape index (κ2) is 11.4. The number of aliphatic carboxylic acids is 1. The van der Waals surface area contributed by atoms with Crippen molar-refractivity contribution in [1.29, 1.82) is 0 Å². The lowest BCUT2D eigenvalue weighted by atomic mass is 10.2. The molecule has 1 rings (SSSR count). The number of carboxylic acid groups (broad SMARTS) is 1. The van der Waals surface area contributed by atoms with Crippen molar-refractivity contribution in [1.82, 2.24) is 5.32 Å². The van der Waals surface area contributed by atoms with Crippen LogP contribution in [0.3, 0.4) is 0 Å². The second-order valence-electron chi connectivity index (χ2n) is 4.90. The van der Waals surface area contributed by atoms with E-state index in [4.69, 9.17) is 9.84 Å². The molecule has 0 bridgehead atoms. The number of carbonyl (C=O) groups is 2. The number of amides is 1. The van der Waals surface area contributed by atoms with Gasteiger partial charge < -0.3 is 15.2 Å². The highest BCUT2D eigenvalue weighted by Crippen LogP contribution is 2.05. The van der Waals surface area contributed by atoms with Crippen molar-refractivity contribution in [2.75, 3.05) is 6.54 Å². The average Bonchev–Trinajstić information content (AvgIpc) is 2.38. The maximum atomic E-state index is 10.8. The number of benzene rings is 1. The van der Waals surface area contributed by atoms with Crippen molar-refractivity contribution in [3.05, 3.63) is 35.9 Å². The Morgan fingerprint density at radius 2 is 1.67 bits per heavy atom. The predicted octanol–water partition coefficient (Wildman–Crippen LogP) is 2.84. The Hall–Kier alpha value is -2.48. The number of carboxylic acids is 1. The van der Waals surface area contributed by atoms with E-state index in [1.54, 1.807) is 20.8 Å². The number of hydrogen-bond acceptors (Lipinski definition) is 3. The summed E-state index contributed by atoms with van der Waals surface area (Å²) in [6.45, 7) is 6.77. The normalized spacial score (nSPS) is 9.05. The zero-order valence-corrected chi connectivity index (χ0v) is 12.9. The number of nitrogens with one attached hydrogen (secondary N) is 1. The Balaban J connectivity index is 0. The minimum atomic E-state index is -1.10. The van der Waals surface area contributed by atoms with E-state index < -0.39 is 24.2 Å². The van der Waals surface area contributed by atoms with Gasteiger partial charge in [-0.3, -0.25) is 4.79 Å². The van der Waals surface area contributed by atoms with Crippen LogP contribution in [0, 0.1) is 19.8 Å². The summed E-state index contributed by atoms with van der Waals surface area (Å²) in [5.41, 5.74) is 0.727. The third kappa shape index (κ3) is 17.5. The van der Waals surface area contributed by atoms with Gasteiger partial charge in [-0.15, -0.1) is 12.8 Å². The molecule has 0 saturated carbocycles. The van der Waals surface area contributed by atoms with Crippen LogP contribution in [0.5, 0.6) is 0 Å². The Morgan fingerprint density at radius 3 is 1.95 bits per heavy atom. The molecule has 0 aliphatic rings. The fourth-order valence-corrected chi connectivity index (χ4v) is 0.996. The topological polar surface area (TPSA) is 75.6 Å². The number of rotatable bonds is 2. The summed E-state index contributed by atoms with van der Waals surface area (Å²) in [7, 11) is 0. The Morgan fingerprint density at radius 1 is 1.19 bits per heavy atom. The number of hydrogen-bond donors (Lipinski definition) is 2. The van der Waals surface area contributed by atoms with Gasteiger partial charge in [0, 0.05) is 0 Å². The lowest BCUT2D eigenvalue weighted by molar-refractivity contribution is -0.136. The first-order valence-electron chi connectivity index (χ1n) is 6.24. The summed E-state index contributed by atoms with van der Waals surface area (Å²) in [4.78, 5) is 20.8. The number of alkyl carbamates (subject to hydrolysis) is 1. The maximum Gasteiger partial charge on any atom is 0.408 e. The van der Waals surface area contributed by atoms with Crippen molar-refractivity contribution in [3.63, 3.8) is 0 Å². The van der Waals surface area contributed by atoms with Gasteiger partial charge in [-0.05, 0) is 27.7 Å². The maximum absolute atomic E-state index is 10.8. The molecule has 0 spiro atoms. The van der Waals surface area contributed by atoms with Gasteiger partial charge in [-0.1, -0.05) is 35.9 Å². The molecule has 5 nitrogen and oxygen atoms in total. The molecule has 0 aliphatic heterocycles. The van der Waals surface area contributed by atoms with Crippen molar-refractivity contribution in [2.24, 2.45) is 0 Å². The highest BCUT2D eigenvalue weighted by Gasteiger charge is 2.15. The van der Waals surface area contributed by atoms with Gasteiger partial charge in [0.2, 0.25) is 0 Å². The molecule has 0 heterocycles. The summed E-state index contributed by atoms with van der Waals surface area (Å²) >= 11 is 0. The Bertz CT molecular complexity index is 433. The van der Waals surface area contributed by atoms with E-state index >= 15 is 0 Å². The van der Waals surface area contributed by atoms with E-state index in [1.807, 2.05) is 18.2 Å². The first-order valence-corrected chi connectivity index (χ1v) is 6.24. The van der Waals surface area contributed by atoms with Crippen LogP contribution in [0.2, 0.25) is 0 Å². The molecule has 1 aromatic carbocycles.